The van der Waals surface area contributed by atoms with Gasteiger partial charge in [0.25, 0.3) is 0 Å². The van der Waals surface area contributed by atoms with Crippen molar-refractivity contribution >= 4 is 23.4 Å². The number of hydrazine groups is 1. The molecule has 0 bridgehead atoms. The van der Waals surface area contributed by atoms with Crippen LogP contribution in [0.5, 0.6) is 0 Å². The van der Waals surface area contributed by atoms with Crippen LogP contribution in [0.3, 0.4) is 0 Å². The number of carbonyl (C=O) groups is 3. The average molecular weight is 302 g/mol. The number of likely N-dealkylation sites (N-methyl/N-ethyl adjacent to an activating group) is 2. The molecule has 116 valence electrons. The van der Waals surface area contributed by atoms with Crippen LogP contribution in [-0.4, -0.2) is 47.8 Å². The van der Waals surface area contributed by atoms with E-state index >= 15 is 0 Å². The molecule has 22 heavy (non-hydrogen) atoms. The maximum atomic E-state index is 12.8. The van der Waals surface area contributed by atoms with Crippen molar-refractivity contribution in [3.05, 3.63) is 29.8 Å². The first kappa shape index (κ1) is 14.5. The van der Waals surface area contributed by atoms with Crippen LogP contribution in [-0.2, 0) is 14.4 Å². The molecule has 1 saturated heterocycles. The van der Waals surface area contributed by atoms with Gasteiger partial charge in [-0.3, -0.25) is 19.7 Å². The van der Waals surface area contributed by atoms with Gasteiger partial charge in [-0.1, -0.05) is 18.2 Å². The number of carbonyl (C=O) groups excluding carboxylic acids is 3. The van der Waals surface area contributed by atoms with Gasteiger partial charge < -0.3 is 10.3 Å². The number of hydrogen-bond donors (Lipinski definition) is 2. The summed E-state index contributed by atoms with van der Waals surface area (Å²) < 4.78 is 0. The molecule has 1 aromatic rings. The fraction of sp³-hybridized carbons (Fsp3) is 0.400. The fourth-order valence-electron chi connectivity index (χ4n) is 3.00. The number of amides is 3. The summed E-state index contributed by atoms with van der Waals surface area (Å²) in [5.74, 6) is -0.865. The number of anilines is 1. The van der Waals surface area contributed by atoms with Crippen LogP contribution in [0.1, 0.15) is 24.4 Å². The molecular formula is C15H18N4O3. The Morgan fingerprint density at radius 1 is 1.32 bits per heavy atom. The molecule has 2 N–H and O–H groups in total. The lowest BCUT2D eigenvalue weighted by atomic mass is 10.0. The van der Waals surface area contributed by atoms with Crippen molar-refractivity contribution in [2.75, 3.05) is 19.5 Å². The predicted octanol–water partition coefficient (Wildman–Crippen LogP) is 0.264. The molecule has 2 heterocycles. The molecule has 0 radical (unpaired) electrons. The molecule has 2 aliphatic heterocycles. The van der Waals surface area contributed by atoms with Crippen molar-refractivity contribution in [2.45, 2.75) is 24.9 Å². The van der Waals surface area contributed by atoms with E-state index in [1.54, 1.807) is 19.1 Å². The maximum Gasteiger partial charge on any atom is 0.249 e. The monoisotopic (exact) mass is 302 g/mol. The number of fused-ring (bicyclic) bond motifs is 1. The van der Waals surface area contributed by atoms with Gasteiger partial charge in [-0.25, -0.2) is 5.01 Å². The van der Waals surface area contributed by atoms with E-state index in [1.807, 2.05) is 24.3 Å². The van der Waals surface area contributed by atoms with E-state index in [0.717, 1.165) is 11.3 Å². The van der Waals surface area contributed by atoms with Crippen molar-refractivity contribution in [3.8, 4) is 0 Å². The Morgan fingerprint density at radius 3 is 2.77 bits per heavy atom. The number of nitrogens with zero attached hydrogens (tertiary/aromatic N) is 2. The van der Waals surface area contributed by atoms with Crippen LogP contribution in [0.25, 0.3) is 0 Å². The minimum atomic E-state index is -0.605. The van der Waals surface area contributed by atoms with Gasteiger partial charge >= 0.3 is 0 Å². The van der Waals surface area contributed by atoms with E-state index in [2.05, 4.69) is 10.7 Å². The zero-order chi connectivity index (χ0) is 15.9. The lowest BCUT2D eigenvalue weighted by Crippen LogP contribution is -2.54. The van der Waals surface area contributed by atoms with Crippen LogP contribution in [0, 0.1) is 0 Å². The number of hydrogen-bond acceptors (Lipinski definition) is 5. The quantitative estimate of drug-likeness (QED) is 0.766. The zero-order valence-electron chi connectivity index (χ0n) is 12.5. The molecule has 0 saturated carbocycles. The molecule has 7 heteroatoms. The number of imide groups is 1. The summed E-state index contributed by atoms with van der Waals surface area (Å²) >= 11 is 0. The van der Waals surface area contributed by atoms with E-state index in [0.29, 0.717) is 6.42 Å². The topological polar surface area (TPSA) is 81.8 Å². The van der Waals surface area contributed by atoms with Crippen LogP contribution < -0.4 is 10.7 Å². The zero-order valence-corrected chi connectivity index (χ0v) is 12.5. The number of piperidine rings is 1. The summed E-state index contributed by atoms with van der Waals surface area (Å²) in [6.07, 6.45) is 0.613. The minimum absolute atomic E-state index is 0.172. The molecule has 0 aromatic heterocycles. The molecule has 0 aliphatic carbocycles. The third-order valence-corrected chi connectivity index (χ3v) is 4.20. The Morgan fingerprint density at radius 2 is 2.05 bits per heavy atom. The van der Waals surface area contributed by atoms with E-state index in [-0.39, 0.29) is 18.2 Å². The summed E-state index contributed by atoms with van der Waals surface area (Å²) in [6.45, 7) is 0. The standard InChI is InChI=1S/C15H18N4O3/c1-18(11-7-8-12(20)16-14(11)21)15(22)13-9-5-3-4-6-10(9)17-19(13)2/h3-6,11,13,17H,7-8H2,1-2H3,(H,16,20,21). The summed E-state index contributed by atoms with van der Waals surface area (Å²) in [6, 6.07) is 6.50. The smallest absolute Gasteiger partial charge is 0.249 e. The number of para-hydroxylation sites is 1. The van der Waals surface area contributed by atoms with Gasteiger partial charge in [0.05, 0.1) is 5.69 Å². The Bertz CT molecular complexity index is 645. The molecule has 3 rings (SSSR count). The van der Waals surface area contributed by atoms with Gasteiger partial charge in [0, 0.05) is 26.1 Å². The third-order valence-electron chi connectivity index (χ3n) is 4.20. The van der Waals surface area contributed by atoms with E-state index in [1.165, 1.54) is 4.90 Å². The van der Waals surface area contributed by atoms with Crippen molar-refractivity contribution in [1.29, 1.82) is 0 Å². The molecular weight excluding hydrogens is 284 g/mol. The highest BCUT2D eigenvalue weighted by molar-refractivity contribution is 6.02. The Hall–Kier alpha value is -2.41. The normalized spacial score (nSPS) is 24.5. The highest BCUT2D eigenvalue weighted by Crippen LogP contribution is 2.35. The first-order valence-electron chi connectivity index (χ1n) is 7.18. The molecule has 1 fully saturated rings. The van der Waals surface area contributed by atoms with Gasteiger partial charge in [-0.15, -0.1) is 0 Å². The summed E-state index contributed by atoms with van der Waals surface area (Å²) in [5.41, 5.74) is 4.91. The number of rotatable bonds is 2. The van der Waals surface area contributed by atoms with Crippen LogP contribution in [0.2, 0.25) is 0 Å². The summed E-state index contributed by atoms with van der Waals surface area (Å²) in [7, 11) is 3.40. The second-order valence-electron chi connectivity index (χ2n) is 5.63. The first-order chi connectivity index (χ1) is 10.5. The van der Waals surface area contributed by atoms with Crippen LogP contribution in [0.15, 0.2) is 24.3 Å². The number of nitrogens with one attached hydrogen (secondary N) is 2. The summed E-state index contributed by atoms with van der Waals surface area (Å²) in [5, 5.41) is 4.02. The minimum Gasteiger partial charge on any atom is -0.332 e. The molecule has 2 atom stereocenters. The van der Waals surface area contributed by atoms with Gasteiger partial charge in [-0.2, -0.15) is 0 Å². The SMILES string of the molecule is CN1Nc2ccccc2C1C(=O)N(C)C1CCC(=O)NC1=O. The van der Waals surface area contributed by atoms with Gasteiger partial charge in [0.2, 0.25) is 17.7 Å². The summed E-state index contributed by atoms with van der Waals surface area (Å²) in [4.78, 5) is 37.4. The van der Waals surface area contributed by atoms with Crippen molar-refractivity contribution in [1.82, 2.24) is 15.2 Å². The second kappa shape index (κ2) is 5.42. The van der Waals surface area contributed by atoms with Gasteiger partial charge in [-0.05, 0) is 12.5 Å². The molecule has 7 nitrogen and oxygen atoms in total. The molecule has 0 spiro atoms. The first-order valence-corrected chi connectivity index (χ1v) is 7.18. The average Bonchev–Trinajstić information content (AvgIpc) is 2.81. The van der Waals surface area contributed by atoms with E-state index in [9.17, 15) is 14.4 Å². The highest BCUT2D eigenvalue weighted by Gasteiger charge is 2.39. The lowest BCUT2D eigenvalue weighted by Gasteiger charge is -2.32. The molecule has 1 aromatic carbocycles. The van der Waals surface area contributed by atoms with Crippen LogP contribution in [0.4, 0.5) is 5.69 Å². The van der Waals surface area contributed by atoms with Gasteiger partial charge in [0.15, 0.2) is 0 Å². The Labute approximate surface area is 128 Å². The fourth-order valence-corrected chi connectivity index (χ4v) is 3.00. The third kappa shape index (κ3) is 2.33. The van der Waals surface area contributed by atoms with Crippen molar-refractivity contribution in [3.63, 3.8) is 0 Å². The van der Waals surface area contributed by atoms with Crippen molar-refractivity contribution in [2.24, 2.45) is 0 Å². The largest absolute Gasteiger partial charge is 0.332 e. The Kier molecular flexibility index (Phi) is 3.58. The lowest BCUT2D eigenvalue weighted by molar-refractivity contribution is -0.146. The second-order valence-corrected chi connectivity index (χ2v) is 5.63. The molecule has 3 amide bonds. The maximum absolute atomic E-state index is 12.8. The molecule has 2 unspecified atom stereocenters. The Balaban J connectivity index is 1.82. The van der Waals surface area contributed by atoms with Crippen molar-refractivity contribution < 1.29 is 14.4 Å². The number of benzene rings is 1. The highest BCUT2D eigenvalue weighted by atomic mass is 16.2. The van der Waals surface area contributed by atoms with Crippen LogP contribution >= 0.6 is 0 Å². The molecule has 2 aliphatic rings. The van der Waals surface area contributed by atoms with E-state index in [4.69, 9.17) is 0 Å². The predicted molar refractivity (Wildman–Crippen MR) is 79.5 cm³/mol. The van der Waals surface area contributed by atoms with E-state index < -0.39 is 18.0 Å². The van der Waals surface area contributed by atoms with Gasteiger partial charge in [0.1, 0.15) is 12.1 Å².